The van der Waals surface area contributed by atoms with Crippen LogP contribution in [0.25, 0.3) is 0 Å². The molecule has 5 nitrogen and oxygen atoms in total. The molecule has 0 radical (unpaired) electrons. The predicted molar refractivity (Wildman–Crippen MR) is 71.3 cm³/mol. The Morgan fingerprint density at radius 2 is 1.95 bits per heavy atom. The molecular weight excluding hydrogens is 266 g/mol. The Hall–Kier alpha value is -2.21. The predicted octanol–water partition coefficient (Wildman–Crippen LogP) is 3.32. The summed E-state index contributed by atoms with van der Waals surface area (Å²) in [6, 6.07) is 10.3. The van der Waals surface area contributed by atoms with Gasteiger partial charge in [-0.2, -0.15) is 0 Å². The van der Waals surface area contributed by atoms with Gasteiger partial charge in [0.25, 0.3) is 0 Å². The van der Waals surface area contributed by atoms with Crippen molar-refractivity contribution < 1.29 is 14.5 Å². The van der Waals surface area contributed by atoms with Gasteiger partial charge in [0.2, 0.25) is 0 Å². The maximum atomic E-state index is 11.7. The third-order valence-electron chi connectivity index (χ3n) is 2.46. The van der Waals surface area contributed by atoms with Gasteiger partial charge in [-0.1, -0.05) is 41.2 Å². The summed E-state index contributed by atoms with van der Waals surface area (Å²) >= 11 is 0.813. The SMILES string of the molecule is Cc1ccc(COC(=O)c2ccc([N+](=O)[O-])s2)cc1. The van der Waals surface area contributed by atoms with Crippen LogP contribution in [-0.4, -0.2) is 10.9 Å². The van der Waals surface area contributed by atoms with Crippen molar-refractivity contribution in [3.8, 4) is 0 Å². The van der Waals surface area contributed by atoms with Crippen molar-refractivity contribution in [3.63, 3.8) is 0 Å². The van der Waals surface area contributed by atoms with Crippen LogP contribution < -0.4 is 0 Å². The third kappa shape index (κ3) is 3.38. The number of hydrogen-bond acceptors (Lipinski definition) is 5. The van der Waals surface area contributed by atoms with Gasteiger partial charge in [0.1, 0.15) is 11.5 Å². The Morgan fingerprint density at radius 3 is 2.53 bits per heavy atom. The number of benzene rings is 1. The van der Waals surface area contributed by atoms with Crippen molar-refractivity contribution in [2.75, 3.05) is 0 Å². The molecule has 0 aliphatic heterocycles. The molecule has 0 bridgehead atoms. The van der Waals surface area contributed by atoms with E-state index in [4.69, 9.17) is 4.74 Å². The zero-order valence-electron chi connectivity index (χ0n) is 10.2. The lowest BCUT2D eigenvalue weighted by atomic mass is 10.2. The molecule has 2 rings (SSSR count). The average Bonchev–Trinajstić information content (AvgIpc) is 2.87. The highest BCUT2D eigenvalue weighted by atomic mass is 32.1. The first-order chi connectivity index (χ1) is 9.06. The van der Waals surface area contributed by atoms with E-state index in [9.17, 15) is 14.9 Å². The van der Waals surface area contributed by atoms with Crippen LogP contribution in [0.4, 0.5) is 5.00 Å². The topological polar surface area (TPSA) is 69.4 Å². The molecule has 19 heavy (non-hydrogen) atoms. The summed E-state index contributed by atoms with van der Waals surface area (Å²) in [5, 5.41) is 10.4. The van der Waals surface area contributed by atoms with Crippen molar-refractivity contribution in [2.45, 2.75) is 13.5 Å². The molecule has 0 N–H and O–H groups in total. The van der Waals surface area contributed by atoms with Crippen LogP contribution in [-0.2, 0) is 11.3 Å². The summed E-state index contributed by atoms with van der Waals surface area (Å²) < 4.78 is 5.10. The minimum absolute atomic E-state index is 0.0673. The molecule has 0 saturated carbocycles. The van der Waals surface area contributed by atoms with Crippen molar-refractivity contribution in [1.82, 2.24) is 0 Å². The van der Waals surface area contributed by atoms with Crippen LogP contribution in [0.3, 0.4) is 0 Å². The molecule has 0 aliphatic carbocycles. The second-order valence-electron chi connectivity index (χ2n) is 3.96. The molecule has 98 valence electrons. The smallest absolute Gasteiger partial charge is 0.348 e. The number of esters is 1. The molecule has 0 aliphatic rings. The third-order valence-corrected chi connectivity index (χ3v) is 3.48. The van der Waals surface area contributed by atoms with Crippen LogP contribution in [0.5, 0.6) is 0 Å². The minimum Gasteiger partial charge on any atom is -0.457 e. The van der Waals surface area contributed by atoms with E-state index >= 15 is 0 Å². The van der Waals surface area contributed by atoms with Gasteiger partial charge in [-0.15, -0.1) is 0 Å². The van der Waals surface area contributed by atoms with E-state index in [1.807, 2.05) is 31.2 Å². The van der Waals surface area contributed by atoms with Crippen LogP contribution in [0.1, 0.15) is 20.8 Å². The minimum atomic E-state index is -0.543. The molecule has 0 atom stereocenters. The number of nitrogens with zero attached hydrogens (tertiary/aromatic N) is 1. The lowest BCUT2D eigenvalue weighted by Gasteiger charge is -2.03. The molecule has 0 spiro atoms. The first kappa shape index (κ1) is 13.2. The molecule has 0 amide bonds. The number of ether oxygens (including phenoxy) is 1. The van der Waals surface area contributed by atoms with Gasteiger partial charge >= 0.3 is 11.0 Å². The molecule has 1 aromatic heterocycles. The summed E-state index contributed by atoms with van der Waals surface area (Å²) in [5.74, 6) is -0.543. The van der Waals surface area contributed by atoms with Crippen LogP contribution in [0, 0.1) is 17.0 Å². The molecular formula is C13H11NO4S. The number of nitro groups is 1. The second kappa shape index (κ2) is 5.62. The quantitative estimate of drug-likeness (QED) is 0.488. The zero-order valence-corrected chi connectivity index (χ0v) is 11.0. The summed E-state index contributed by atoms with van der Waals surface area (Å²) in [5.41, 5.74) is 2.01. The molecule has 2 aromatic rings. The summed E-state index contributed by atoms with van der Waals surface area (Å²) in [4.78, 5) is 21.9. The first-order valence-corrected chi connectivity index (χ1v) is 6.35. The monoisotopic (exact) mass is 277 g/mol. The molecule has 0 fully saturated rings. The van der Waals surface area contributed by atoms with E-state index in [2.05, 4.69) is 0 Å². The van der Waals surface area contributed by atoms with Crippen molar-refractivity contribution in [1.29, 1.82) is 0 Å². The molecule has 1 heterocycles. The van der Waals surface area contributed by atoms with Gasteiger partial charge in [-0.05, 0) is 18.6 Å². The Labute approximate surface area is 113 Å². The average molecular weight is 277 g/mol. The number of carbonyl (C=O) groups excluding carboxylic acids is 1. The van der Waals surface area contributed by atoms with E-state index in [0.29, 0.717) is 0 Å². The Kier molecular flexibility index (Phi) is 3.91. The lowest BCUT2D eigenvalue weighted by molar-refractivity contribution is -0.380. The maximum absolute atomic E-state index is 11.7. The number of thiophene rings is 1. The summed E-state index contributed by atoms with van der Waals surface area (Å²) in [6.45, 7) is 2.13. The van der Waals surface area contributed by atoms with Crippen LogP contribution >= 0.6 is 11.3 Å². The highest BCUT2D eigenvalue weighted by Gasteiger charge is 2.16. The van der Waals surface area contributed by atoms with Gasteiger partial charge in [0.05, 0.1) is 4.92 Å². The second-order valence-corrected chi connectivity index (χ2v) is 5.02. The van der Waals surface area contributed by atoms with Crippen molar-refractivity contribution in [2.24, 2.45) is 0 Å². The fraction of sp³-hybridized carbons (Fsp3) is 0.154. The van der Waals surface area contributed by atoms with E-state index in [1.54, 1.807) is 0 Å². The van der Waals surface area contributed by atoms with Gasteiger partial charge < -0.3 is 4.74 Å². The fourth-order valence-corrected chi connectivity index (χ4v) is 2.15. The zero-order chi connectivity index (χ0) is 13.8. The standard InChI is InChI=1S/C13H11NO4S/c1-9-2-4-10(5-3-9)8-18-13(15)11-6-7-12(19-11)14(16)17/h2-7H,8H2,1H3. The largest absolute Gasteiger partial charge is 0.457 e. The van der Waals surface area contributed by atoms with Gasteiger partial charge in [-0.3, -0.25) is 10.1 Å². The highest BCUT2D eigenvalue weighted by Crippen LogP contribution is 2.24. The van der Waals surface area contributed by atoms with Gasteiger partial charge in [0, 0.05) is 6.07 Å². The molecule has 1 aromatic carbocycles. The van der Waals surface area contributed by atoms with E-state index in [-0.39, 0.29) is 16.5 Å². The normalized spacial score (nSPS) is 10.2. The van der Waals surface area contributed by atoms with Gasteiger partial charge in [0.15, 0.2) is 0 Å². The summed E-state index contributed by atoms with van der Waals surface area (Å²) in [6.07, 6.45) is 0. The fourth-order valence-electron chi connectivity index (χ4n) is 1.44. The van der Waals surface area contributed by atoms with Crippen LogP contribution in [0.2, 0.25) is 0 Å². The lowest BCUT2D eigenvalue weighted by Crippen LogP contribution is -2.02. The van der Waals surface area contributed by atoms with E-state index in [1.165, 1.54) is 12.1 Å². The number of carbonyl (C=O) groups is 1. The number of hydrogen-bond donors (Lipinski definition) is 0. The van der Waals surface area contributed by atoms with Crippen molar-refractivity contribution >= 4 is 22.3 Å². The molecule has 6 heteroatoms. The van der Waals surface area contributed by atoms with Crippen LogP contribution in [0.15, 0.2) is 36.4 Å². The highest BCUT2D eigenvalue weighted by molar-refractivity contribution is 7.17. The van der Waals surface area contributed by atoms with Gasteiger partial charge in [-0.25, -0.2) is 4.79 Å². The number of rotatable bonds is 4. The van der Waals surface area contributed by atoms with E-state index < -0.39 is 10.9 Å². The Bertz CT molecular complexity index is 603. The Balaban J connectivity index is 1.97. The van der Waals surface area contributed by atoms with Crippen molar-refractivity contribution in [3.05, 3.63) is 62.5 Å². The molecule has 0 unspecified atom stereocenters. The maximum Gasteiger partial charge on any atom is 0.348 e. The first-order valence-electron chi connectivity index (χ1n) is 5.53. The number of aryl methyl sites for hydroxylation is 1. The van der Waals surface area contributed by atoms with E-state index in [0.717, 1.165) is 22.5 Å². The Morgan fingerprint density at radius 1 is 1.26 bits per heavy atom. The molecule has 0 saturated heterocycles. The summed E-state index contributed by atoms with van der Waals surface area (Å²) in [7, 11) is 0.